The first kappa shape index (κ1) is 21.3. The quantitative estimate of drug-likeness (QED) is 0.308. The number of methoxy groups -OCH3 is 1. The lowest BCUT2D eigenvalue weighted by atomic mass is 10.1. The first-order valence-corrected chi connectivity index (χ1v) is 9.75. The SMILES string of the molecule is COc1cc(C=C2N=C(c3cccc(F)c3)OC2=O)ccc1OC(=O)c1ccc(Cl)cc1. The third kappa shape index (κ3) is 4.68. The van der Waals surface area contributed by atoms with Crippen LogP contribution in [0.25, 0.3) is 6.08 Å². The van der Waals surface area contributed by atoms with Crippen molar-refractivity contribution in [3.8, 4) is 11.5 Å². The zero-order valence-electron chi connectivity index (χ0n) is 16.7. The van der Waals surface area contributed by atoms with E-state index in [4.69, 9.17) is 25.8 Å². The summed E-state index contributed by atoms with van der Waals surface area (Å²) < 4.78 is 29.3. The Morgan fingerprint density at radius 2 is 1.84 bits per heavy atom. The maximum Gasteiger partial charge on any atom is 0.363 e. The standard InChI is InChI=1S/C24H15ClFNO5/c1-30-21-12-14(5-10-20(21)31-23(28)15-6-8-17(25)9-7-15)11-19-24(29)32-22(27-19)16-3-2-4-18(26)13-16/h2-13H,1H3. The summed E-state index contributed by atoms with van der Waals surface area (Å²) in [5, 5.41) is 0.505. The second-order valence-electron chi connectivity index (χ2n) is 6.65. The topological polar surface area (TPSA) is 74.2 Å². The van der Waals surface area contributed by atoms with Crippen molar-refractivity contribution in [2.75, 3.05) is 7.11 Å². The van der Waals surface area contributed by atoms with Crippen LogP contribution in [0.5, 0.6) is 11.5 Å². The summed E-state index contributed by atoms with van der Waals surface area (Å²) in [5.74, 6) is -1.21. The predicted molar refractivity (Wildman–Crippen MR) is 116 cm³/mol. The first-order valence-electron chi connectivity index (χ1n) is 9.37. The number of rotatable bonds is 5. The van der Waals surface area contributed by atoms with Crippen LogP contribution < -0.4 is 9.47 Å². The second kappa shape index (κ2) is 9.03. The molecule has 0 radical (unpaired) electrons. The average Bonchev–Trinajstić information content (AvgIpc) is 3.15. The van der Waals surface area contributed by atoms with Crippen molar-refractivity contribution in [2.45, 2.75) is 0 Å². The number of nitrogens with zero attached hydrogens (tertiary/aromatic N) is 1. The number of aliphatic imine (C=N–C) groups is 1. The van der Waals surface area contributed by atoms with E-state index in [-0.39, 0.29) is 23.1 Å². The molecule has 0 aliphatic carbocycles. The molecule has 1 heterocycles. The van der Waals surface area contributed by atoms with E-state index in [1.54, 1.807) is 42.5 Å². The largest absolute Gasteiger partial charge is 0.493 e. The van der Waals surface area contributed by atoms with E-state index in [1.807, 2.05) is 0 Å². The van der Waals surface area contributed by atoms with Gasteiger partial charge in [-0.15, -0.1) is 0 Å². The fraction of sp³-hybridized carbons (Fsp3) is 0.0417. The molecule has 0 bridgehead atoms. The number of benzene rings is 3. The minimum Gasteiger partial charge on any atom is -0.493 e. The van der Waals surface area contributed by atoms with Gasteiger partial charge >= 0.3 is 11.9 Å². The zero-order chi connectivity index (χ0) is 22.7. The molecule has 32 heavy (non-hydrogen) atoms. The Labute approximate surface area is 187 Å². The molecule has 0 amide bonds. The van der Waals surface area contributed by atoms with Gasteiger partial charge in [-0.2, -0.15) is 0 Å². The highest BCUT2D eigenvalue weighted by molar-refractivity contribution is 6.30. The Bertz CT molecular complexity index is 1270. The van der Waals surface area contributed by atoms with Gasteiger partial charge in [0, 0.05) is 10.6 Å². The van der Waals surface area contributed by atoms with Gasteiger partial charge in [0.15, 0.2) is 17.2 Å². The van der Waals surface area contributed by atoms with Gasteiger partial charge in [-0.3, -0.25) is 0 Å². The number of carbonyl (C=O) groups excluding carboxylic acids is 2. The minimum atomic E-state index is -0.665. The van der Waals surface area contributed by atoms with E-state index in [0.29, 0.717) is 21.7 Å². The predicted octanol–water partition coefficient (Wildman–Crippen LogP) is 5.05. The Hall–Kier alpha value is -3.97. The monoisotopic (exact) mass is 451 g/mol. The molecule has 6 nitrogen and oxygen atoms in total. The van der Waals surface area contributed by atoms with Crippen LogP contribution in [0.4, 0.5) is 4.39 Å². The normalized spacial score (nSPS) is 14.2. The minimum absolute atomic E-state index is 0.0150. The molecular weight excluding hydrogens is 437 g/mol. The van der Waals surface area contributed by atoms with Gasteiger partial charge in [-0.1, -0.05) is 23.7 Å². The van der Waals surface area contributed by atoms with Crippen LogP contribution in [-0.2, 0) is 9.53 Å². The summed E-state index contributed by atoms with van der Waals surface area (Å²) in [7, 11) is 1.43. The summed E-state index contributed by atoms with van der Waals surface area (Å²) >= 11 is 5.84. The molecule has 0 spiro atoms. The van der Waals surface area contributed by atoms with Crippen LogP contribution in [0.2, 0.25) is 5.02 Å². The van der Waals surface area contributed by atoms with E-state index in [1.165, 1.54) is 37.5 Å². The van der Waals surface area contributed by atoms with E-state index in [2.05, 4.69) is 4.99 Å². The summed E-state index contributed by atoms with van der Waals surface area (Å²) in [6.45, 7) is 0. The Kier molecular flexibility index (Phi) is 6.00. The number of hydrogen-bond donors (Lipinski definition) is 0. The van der Waals surface area contributed by atoms with Crippen molar-refractivity contribution < 1.29 is 28.2 Å². The van der Waals surface area contributed by atoms with Gasteiger partial charge in [0.2, 0.25) is 5.90 Å². The molecule has 1 aliphatic rings. The van der Waals surface area contributed by atoms with Gasteiger partial charge in [-0.05, 0) is 66.2 Å². The molecule has 0 fully saturated rings. The van der Waals surface area contributed by atoms with Gasteiger partial charge in [-0.25, -0.2) is 19.0 Å². The van der Waals surface area contributed by atoms with Crippen molar-refractivity contribution in [3.63, 3.8) is 0 Å². The van der Waals surface area contributed by atoms with Crippen molar-refractivity contribution >= 4 is 35.5 Å². The maximum absolute atomic E-state index is 13.4. The van der Waals surface area contributed by atoms with Crippen molar-refractivity contribution in [3.05, 3.63) is 100.0 Å². The Morgan fingerprint density at radius 1 is 1.06 bits per heavy atom. The van der Waals surface area contributed by atoms with E-state index in [9.17, 15) is 14.0 Å². The van der Waals surface area contributed by atoms with E-state index in [0.717, 1.165) is 0 Å². The molecule has 0 N–H and O–H groups in total. The molecule has 0 saturated heterocycles. The Morgan fingerprint density at radius 3 is 2.56 bits per heavy atom. The van der Waals surface area contributed by atoms with Gasteiger partial charge < -0.3 is 14.2 Å². The second-order valence-corrected chi connectivity index (χ2v) is 7.09. The molecule has 0 aromatic heterocycles. The number of esters is 2. The summed E-state index contributed by atoms with van der Waals surface area (Å²) in [6, 6.07) is 16.6. The molecular formula is C24H15ClFNO5. The molecule has 8 heteroatoms. The maximum atomic E-state index is 13.4. The van der Waals surface area contributed by atoms with E-state index >= 15 is 0 Å². The van der Waals surface area contributed by atoms with Gasteiger partial charge in [0.05, 0.1) is 12.7 Å². The first-order chi connectivity index (χ1) is 15.4. The molecule has 160 valence electrons. The molecule has 1 aliphatic heterocycles. The zero-order valence-corrected chi connectivity index (χ0v) is 17.4. The van der Waals surface area contributed by atoms with Crippen LogP contribution in [-0.4, -0.2) is 24.9 Å². The lowest BCUT2D eigenvalue weighted by Crippen LogP contribution is -2.09. The highest BCUT2D eigenvalue weighted by Crippen LogP contribution is 2.30. The highest BCUT2D eigenvalue weighted by Gasteiger charge is 2.24. The summed E-state index contributed by atoms with van der Waals surface area (Å²) in [6.07, 6.45) is 1.49. The molecule has 4 rings (SSSR count). The Balaban J connectivity index is 1.57. The number of halogens is 2. The lowest BCUT2D eigenvalue weighted by Gasteiger charge is -2.10. The molecule has 0 atom stereocenters. The van der Waals surface area contributed by atoms with Crippen molar-refractivity contribution in [2.24, 2.45) is 4.99 Å². The van der Waals surface area contributed by atoms with Crippen LogP contribution >= 0.6 is 11.6 Å². The number of hydrogen-bond acceptors (Lipinski definition) is 6. The van der Waals surface area contributed by atoms with E-state index < -0.39 is 17.8 Å². The van der Waals surface area contributed by atoms with Crippen LogP contribution in [0.15, 0.2) is 77.4 Å². The molecule has 3 aromatic rings. The fourth-order valence-corrected chi connectivity index (χ4v) is 3.04. The van der Waals surface area contributed by atoms with Gasteiger partial charge in [0.25, 0.3) is 0 Å². The van der Waals surface area contributed by atoms with Crippen LogP contribution in [0.3, 0.4) is 0 Å². The molecule has 0 saturated carbocycles. The molecule has 3 aromatic carbocycles. The highest BCUT2D eigenvalue weighted by atomic mass is 35.5. The average molecular weight is 452 g/mol. The lowest BCUT2D eigenvalue weighted by molar-refractivity contribution is -0.129. The van der Waals surface area contributed by atoms with Gasteiger partial charge in [0.1, 0.15) is 5.82 Å². The fourth-order valence-electron chi connectivity index (χ4n) is 2.92. The number of ether oxygens (including phenoxy) is 3. The van der Waals surface area contributed by atoms with Crippen LogP contribution in [0, 0.1) is 5.82 Å². The third-order valence-corrected chi connectivity index (χ3v) is 4.72. The third-order valence-electron chi connectivity index (χ3n) is 4.47. The van der Waals surface area contributed by atoms with Crippen molar-refractivity contribution in [1.29, 1.82) is 0 Å². The molecule has 0 unspecified atom stereocenters. The number of carbonyl (C=O) groups is 2. The smallest absolute Gasteiger partial charge is 0.363 e. The summed E-state index contributed by atoms with van der Waals surface area (Å²) in [5.41, 5.74) is 1.28. The van der Waals surface area contributed by atoms with Crippen molar-refractivity contribution in [1.82, 2.24) is 0 Å². The van der Waals surface area contributed by atoms with Crippen LogP contribution in [0.1, 0.15) is 21.5 Å². The number of cyclic esters (lactones) is 1. The summed E-state index contributed by atoms with van der Waals surface area (Å²) in [4.78, 5) is 28.7.